The van der Waals surface area contributed by atoms with Crippen molar-refractivity contribution in [3.8, 4) is 10.8 Å². The first-order chi connectivity index (χ1) is 13.0. The monoisotopic (exact) mass is 402 g/mol. The fourth-order valence-corrected chi connectivity index (χ4v) is 4.33. The minimum Gasteiger partial charge on any atom is -0.455 e. The van der Waals surface area contributed by atoms with Gasteiger partial charge in [-0.2, -0.15) is 0 Å². The van der Waals surface area contributed by atoms with Crippen LogP contribution in [0, 0.1) is 19.8 Å². The minimum atomic E-state index is -0.469. The Kier molecular flexibility index (Phi) is 4.84. The number of carbonyl (C=O) groups is 2. The molecule has 8 heteroatoms. The van der Waals surface area contributed by atoms with E-state index >= 15 is 0 Å². The van der Waals surface area contributed by atoms with Crippen molar-refractivity contribution in [2.75, 3.05) is 5.32 Å². The number of anilines is 1. The summed E-state index contributed by atoms with van der Waals surface area (Å²) in [6.45, 7) is 3.80. The van der Waals surface area contributed by atoms with E-state index in [1.165, 1.54) is 28.9 Å². The van der Waals surface area contributed by atoms with Crippen molar-refractivity contribution in [2.24, 2.45) is 5.92 Å². The van der Waals surface area contributed by atoms with E-state index in [1.807, 2.05) is 31.4 Å². The third kappa shape index (κ3) is 3.81. The second kappa shape index (κ2) is 7.28. The fraction of sp³-hybridized carbons (Fsp3) is 0.316. The van der Waals surface area contributed by atoms with Gasteiger partial charge >= 0.3 is 5.97 Å². The van der Waals surface area contributed by atoms with Gasteiger partial charge in [0.15, 0.2) is 0 Å². The maximum atomic E-state index is 12.7. The van der Waals surface area contributed by atoms with Gasteiger partial charge in [0.1, 0.15) is 23.6 Å². The van der Waals surface area contributed by atoms with Gasteiger partial charge < -0.3 is 14.5 Å². The number of rotatable bonds is 6. The second-order valence-electron chi connectivity index (χ2n) is 6.45. The highest BCUT2D eigenvalue weighted by atomic mass is 32.1. The van der Waals surface area contributed by atoms with Crippen molar-refractivity contribution >= 4 is 39.6 Å². The molecule has 140 valence electrons. The predicted molar refractivity (Wildman–Crippen MR) is 104 cm³/mol. The molecule has 0 unspecified atom stereocenters. The molecule has 3 aromatic rings. The molecule has 27 heavy (non-hydrogen) atoms. The first-order valence-electron chi connectivity index (χ1n) is 8.59. The topological polar surface area (TPSA) is 81.4 Å². The zero-order valence-electron chi connectivity index (χ0n) is 14.9. The van der Waals surface area contributed by atoms with E-state index in [1.54, 1.807) is 0 Å². The number of thiophene rings is 2. The maximum absolute atomic E-state index is 12.7. The summed E-state index contributed by atoms with van der Waals surface area (Å²) in [7, 11) is 0. The van der Waals surface area contributed by atoms with Crippen LogP contribution in [-0.4, -0.2) is 16.9 Å². The lowest BCUT2D eigenvalue weighted by Crippen LogP contribution is -2.16. The predicted octanol–water partition coefficient (Wildman–Crippen LogP) is 4.79. The first-order valence-corrected chi connectivity index (χ1v) is 10.3. The normalized spacial score (nSPS) is 13.6. The van der Waals surface area contributed by atoms with E-state index in [0.29, 0.717) is 22.1 Å². The molecule has 1 aliphatic rings. The molecular formula is C19H18N2O4S2. The third-order valence-electron chi connectivity index (χ3n) is 4.41. The number of nitrogens with zero attached hydrogens (tertiary/aromatic N) is 1. The number of oxazole rings is 1. The molecule has 3 heterocycles. The van der Waals surface area contributed by atoms with Crippen molar-refractivity contribution < 1.29 is 18.7 Å². The van der Waals surface area contributed by atoms with E-state index < -0.39 is 5.97 Å². The number of aryl methyl sites for hydroxylation is 1. The average molecular weight is 402 g/mol. The molecule has 0 radical (unpaired) electrons. The van der Waals surface area contributed by atoms with E-state index in [9.17, 15) is 9.59 Å². The number of aromatic nitrogens is 1. The molecule has 1 N–H and O–H groups in total. The Morgan fingerprint density at radius 2 is 2.19 bits per heavy atom. The van der Waals surface area contributed by atoms with Crippen LogP contribution in [0.2, 0.25) is 0 Å². The van der Waals surface area contributed by atoms with E-state index in [4.69, 9.17) is 9.15 Å². The molecule has 1 amide bonds. The van der Waals surface area contributed by atoms with Crippen LogP contribution < -0.4 is 5.32 Å². The number of ether oxygens (including phenoxy) is 1. The lowest BCUT2D eigenvalue weighted by Gasteiger charge is -2.07. The Bertz CT molecular complexity index is 984. The number of esters is 1. The molecule has 6 nitrogen and oxygen atoms in total. The van der Waals surface area contributed by atoms with Crippen molar-refractivity contribution in [3.05, 3.63) is 45.5 Å². The second-order valence-corrected chi connectivity index (χ2v) is 8.62. The number of hydrogen-bond donors (Lipinski definition) is 1. The highest BCUT2D eigenvalue weighted by molar-refractivity contribution is 7.16. The summed E-state index contributed by atoms with van der Waals surface area (Å²) in [6.07, 6.45) is 3.31. The van der Waals surface area contributed by atoms with Gasteiger partial charge in [-0.1, -0.05) is 6.07 Å². The van der Waals surface area contributed by atoms with E-state index in [2.05, 4.69) is 10.3 Å². The first kappa shape index (κ1) is 17.9. The Balaban J connectivity index is 1.45. The number of nitrogens with one attached hydrogen (secondary N) is 1. The van der Waals surface area contributed by atoms with Gasteiger partial charge in [-0.25, -0.2) is 9.78 Å². The molecule has 1 fully saturated rings. The summed E-state index contributed by atoms with van der Waals surface area (Å²) < 4.78 is 10.9. The average Bonchev–Trinajstić information content (AvgIpc) is 3.04. The van der Waals surface area contributed by atoms with Crippen LogP contribution in [-0.2, 0) is 16.1 Å². The zero-order valence-corrected chi connectivity index (χ0v) is 16.5. The van der Waals surface area contributed by atoms with E-state index in [0.717, 1.165) is 28.2 Å². The van der Waals surface area contributed by atoms with Gasteiger partial charge in [-0.05, 0) is 43.7 Å². The lowest BCUT2D eigenvalue weighted by molar-refractivity contribution is -0.117. The Labute approximate surface area is 164 Å². The van der Waals surface area contributed by atoms with Gasteiger partial charge in [-0.15, -0.1) is 22.7 Å². The van der Waals surface area contributed by atoms with Crippen molar-refractivity contribution in [3.63, 3.8) is 0 Å². The Morgan fingerprint density at radius 1 is 1.37 bits per heavy atom. The molecule has 1 aliphatic carbocycles. The quantitative estimate of drug-likeness (QED) is 0.600. The van der Waals surface area contributed by atoms with Crippen LogP contribution in [0.5, 0.6) is 0 Å². The molecular weight excluding hydrogens is 384 g/mol. The van der Waals surface area contributed by atoms with Crippen molar-refractivity contribution in [2.45, 2.75) is 33.3 Å². The molecule has 0 saturated heterocycles. The van der Waals surface area contributed by atoms with Crippen LogP contribution in [0.3, 0.4) is 0 Å². The summed E-state index contributed by atoms with van der Waals surface area (Å²) in [5.41, 5.74) is 1.80. The molecule has 0 aliphatic heterocycles. The highest BCUT2D eigenvalue weighted by Crippen LogP contribution is 2.36. The summed E-state index contributed by atoms with van der Waals surface area (Å²) in [4.78, 5) is 31.0. The number of carbonyl (C=O) groups excluding carboxylic acids is 2. The highest BCUT2D eigenvalue weighted by Gasteiger charge is 2.31. The standard InChI is InChI=1S/C19H18N2O4S2/c1-10-11(2)27-18(21-16(22)12-5-6-12)15(10)19(23)25-9-13-8-24-17(20-13)14-4-3-7-26-14/h3-4,7-8,12H,5-6,9H2,1-2H3,(H,21,22). The molecule has 0 spiro atoms. The molecule has 0 atom stereocenters. The number of hydrogen-bond acceptors (Lipinski definition) is 7. The summed E-state index contributed by atoms with van der Waals surface area (Å²) >= 11 is 2.93. The van der Waals surface area contributed by atoms with Gasteiger partial charge in [-0.3, -0.25) is 4.79 Å². The van der Waals surface area contributed by atoms with Crippen molar-refractivity contribution in [1.82, 2.24) is 4.98 Å². The van der Waals surface area contributed by atoms with Gasteiger partial charge in [0, 0.05) is 10.8 Å². The Morgan fingerprint density at radius 3 is 2.89 bits per heavy atom. The van der Waals surface area contributed by atoms with Crippen LogP contribution in [0.15, 0.2) is 28.2 Å². The largest absolute Gasteiger partial charge is 0.455 e. The third-order valence-corrected chi connectivity index (χ3v) is 6.39. The number of amides is 1. The fourth-order valence-electron chi connectivity index (χ4n) is 2.62. The van der Waals surface area contributed by atoms with Crippen LogP contribution in [0.1, 0.15) is 39.3 Å². The summed E-state index contributed by atoms with van der Waals surface area (Å²) in [5.74, 6) is 0.0874. The maximum Gasteiger partial charge on any atom is 0.341 e. The SMILES string of the molecule is Cc1sc(NC(=O)C2CC2)c(C(=O)OCc2coc(-c3cccs3)n2)c1C. The van der Waals surface area contributed by atoms with Gasteiger partial charge in [0.25, 0.3) is 0 Å². The lowest BCUT2D eigenvalue weighted by atomic mass is 10.1. The van der Waals surface area contributed by atoms with Crippen molar-refractivity contribution in [1.29, 1.82) is 0 Å². The Hall–Kier alpha value is -2.45. The molecule has 4 rings (SSSR count). The summed E-state index contributed by atoms with van der Waals surface area (Å²) in [6, 6.07) is 3.83. The smallest absolute Gasteiger partial charge is 0.341 e. The minimum absolute atomic E-state index is 0.0120. The van der Waals surface area contributed by atoms with Crippen LogP contribution in [0.25, 0.3) is 10.8 Å². The zero-order chi connectivity index (χ0) is 19.0. The summed E-state index contributed by atoms with van der Waals surface area (Å²) in [5, 5.41) is 5.39. The van der Waals surface area contributed by atoms with Crippen LogP contribution >= 0.6 is 22.7 Å². The van der Waals surface area contributed by atoms with E-state index in [-0.39, 0.29) is 18.4 Å². The molecule has 0 bridgehead atoms. The van der Waals surface area contributed by atoms with Crippen LogP contribution in [0.4, 0.5) is 5.00 Å². The molecule has 1 saturated carbocycles. The van der Waals surface area contributed by atoms with Gasteiger partial charge in [0.05, 0.1) is 10.4 Å². The van der Waals surface area contributed by atoms with Gasteiger partial charge in [0.2, 0.25) is 11.8 Å². The molecule has 0 aromatic carbocycles. The molecule has 3 aromatic heterocycles.